The Balaban J connectivity index is 0.000000221. The third kappa shape index (κ3) is 3.65. The maximum Gasteiger partial charge on any atom is 0.328 e. The van der Waals surface area contributed by atoms with Crippen LogP contribution in [0, 0.1) is 5.41 Å². The first-order chi connectivity index (χ1) is 9.34. The topological polar surface area (TPSA) is 98.5 Å². The summed E-state index contributed by atoms with van der Waals surface area (Å²) in [6, 6.07) is 8.10. The summed E-state index contributed by atoms with van der Waals surface area (Å²) in [6.45, 7) is 4.09. The molecule has 0 saturated heterocycles. The first-order valence-corrected chi connectivity index (χ1v) is 5.84. The molecule has 0 atom stereocenters. The molecule has 1 aliphatic carbocycles. The molecular formula is C15H15NO4. The van der Waals surface area contributed by atoms with Crippen LogP contribution in [-0.4, -0.2) is 27.9 Å². The Hall–Kier alpha value is -2.69. The lowest BCUT2D eigenvalue weighted by Gasteiger charge is -1.97. The first-order valence-electron chi connectivity index (χ1n) is 5.84. The number of carbonyl (C=O) groups is 2. The maximum absolute atomic E-state index is 9.55. The van der Waals surface area contributed by atoms with Crippen LogP contribution in [-0.2, 0) is 9.59 Å². The number of hydrogen-bond acceptors (Lipinski definition) is 3. The number of allylic oxidation sites excluding steroid dienone is 2. The minimum Gasteiger partial charge on any atom is -0.478 e. The molecule has 2 rings (SSSR count). The zero-order chi connectivity index (χ0) is 15.3. The molecule has 104 valence electrons. The molecule has 1 aliphatic rings. The normalized spacial score (nSPS) is 13.0. The summed E-state index contributed by atoms with van der Waals surface area (Å²) in [4.78, 5) is 19.1. The van der Waals surface area contributed by atoms with Gasteiger partial charge in [0, 0.05) is 17.7 Å². The van der Waals surface area contributed by atoms with Crippen LogP contribution < -0.4 is 0 Å². The Morgan fingerprint density at radius 1 is 0.950 bits per heavy atom. The second-order valence-corrected chi connectivity index (χ2v) is 4.18. The van der Waals surface area contributed by atoms with Crippen LogP contribution in [0.15, 0.2) is 42.0 Å². The van der Waals surface area contributed by atoms with Gasteiger partial charge in [0.15, 0.2) is 0 Å². The minimum absolute atomic E-state index is 0.558. The van der Waals surface area contributed by atoms with Gasteiger partial charge in [0.25, 0.3) is 0 Å². The summed E-state index contributed by atoms with van der Waals surface area (Å²) in [6.07, 6.45) is 1.12. The van der Waals surface area contributed by atoms with Gasteiger partial charge >= 0.3 is 11.9 Å². The van der Waals surface area contributed by atoms with Gasteiger partial charge in [-0.05, 0) is 30.6 Å². The van der Waals surface area contributed by atoms with E-state index in [0.717, 1.165) is 11.1 Å². The van der Waals surface area contributed by atoms with Crippen LogP contribution in [0.3, 0.4) is 0 Å². The zero-order valence-electron chi connectivity index (χ0n) is 11.2. The number of fused-ring (bicyclic) bond motifs is 1. The fraction of sp³-hybridized carbons (Fsp3) is 0.133. The number of aliphatic carboxylic acids is 2. The molecule has 0 aliphatic heterocycles. The summed E-state index contributed by atoms with van der Waals surface area (Å²) >= 11 is 0. The molecule has 0 amide bonds. The van der Waals surface area contributed by atoms with E-state index in [4.69, 9.17) is 15.6 Å². The lowest BCUT2D eigenvalue weighted by molar-refractivity contribution is -0.134. The molecule has 5 nitrogen and oxygen atoms in total. The zero-order valence-corrected chi connectivity index (χ0v) is 11.2. The minimum atomic E-state index is -1.26. The van der Waals surface area contributed by atoms with E-state index in [2.05, 4.69) is 13.0 Å². The second-order valence-electron chi connectivity index (χ2n) is 4.18. The molecule has 0 heterocycles. The highest BCUT2D eigenvalue weighted by atomic mass is 16.4. The van der Waals surface area contributed by atoms with Crippen molar-refractivity contribution in [3.63, 3.8) is 0 Å². The van der Waals surface area contributed by atoms with Gasteiger partial charge in [0.2, 0.25) is 0 Å². The average molecular weight is 273 g/mol. The Morgan fingerprint density at radius 3 is 1.80 bits per heavy atom. The van der Waals surface area contributed by atoms with E-state index in [1.54, 1.807) is 0 Å². The van der Waals surface area contributed by atoms with E-state index in [1.165, 1.54) is 11.1 Å². The van der Waals surface area contributed by atoms with Crippen molar-refractivity contribution < 1.29 is 19.8 Å². The maximum atomic E-state index is 9.55. The Labute approximate surface area is 116 Å². The number of carboxylic acids is 2. The third-order valence-corrected chi connectivity index (χ3v) is 2.91. The van der Waals surface area contributed by atoms with E-state index in [1.807, 2.05) is 25.1 Å². The molecule has 3 N–H and O–H groups in total. The lowest BCUT2D eigenvalue weighted by Crippen LogP contribution is -1.94. The van der Waals surface area contributed by atoms with Crippen LogP contribution in [0.5, 0.6) is 0 Å². The molecule has 0 radical (unpaired) electrons. The summed E-state index contributed by atoms with van der Waals surface area (Å²) in [5.74, 6) is -2.51. The predicted molar refractivity (Wildman–Crippen MR) is 76.0 cm³/mol. The van der Waals surface area contributed by atoms with Gasteiger partial charge in [-0.3, -0.25) is 5.41 Å². The predicted octanol–water partition coefficient (Wildman–Crippen LogP) is 2.57. The van der Waals surface area contributed by atoms with Gasteiger partial charge in [0.05, 0.1) is 5.71 Å². The fourth-order valence-electron chi connectivity index (χ4n) is 1.76. The van der Waals surface area contributed by atoms with Crippen LogP contribution in [0.4, 0.5) is 0 Å². The van der Waals surface area contributed by atoms with Crippen LogP contribution >= 0.6 is 0 Å². The van der Waals surface area contributed by atoms with Crippen molar-refractivity contribution >= 4 is 23.2 Å². The molecule has 5 heteroatoms. The quantitative estimate of drug-likeness (QED) is 0.721. The molecule has 0 fully saturated rings. The highest BCUT2D eigenvalue weighted by molar-refractivity contribution is 6.21. The number of rotatable bonds is 2. The lowest BCUT2D eigenvalue weighted by atomic mass is 10.1. The van der Waals surface area contributed by atoms with Crippen molar-refractivity contribution in [2.45, 2.75) is 13.8 Å². The van der Waals surface area contributed by atoms with Crippen LogP contribution in [0.1, 0.15) is 25.0 Å². The monoisotopic (exact) mass is 273 g/mol. The molecule has 0 saturated carbocycles. The molecule has 0 unspecified atom stereocenters. The van der Waals surface area contributed by atoms with E-state index in [9.17, 15) is 9.59 Å². The molecular weight excluding hydrogens is 258 g/mol. The van der Waals surface area contributed by atoms with Gasteiger partial charge in [0.1, 0.15) is 0 Å². The van der Waals surface area contributed by atoms with E-state index >= 15 is 0 Å². The van der Waals surface area contributed by atoms with Gasteiger partial charge in [-0.25, -0.2) is 9.59 Å². The van der Waals surface area contributed by atoms with Gasteiger partial charge in [-0.15, -0.1) is 0 Å². The largest absolute Gasteiger partial charge is 0.478 e. The summed E-state index contributed by atoms with van der Waals surface area (Å²) in [5, 5.41) is 23.4. The average Bonchev–Trinajstić information content (AvgIpc) is 2.63. The van der Waals surface area contributed by atoms with E-state index in [0.29, 0.717) is 17.9 Å². The highest BCUT2D eigenvalue weighted by Crippen LogP contribution is 2.31. The standard InChI is InChI=1S/C11H11N.C4H4O4/c1-7-8(2)11(12)10-6-4-3-5-9(7)10;5-3(6)1-2-4(7)8/h3-6,12H,1-2H3;1-2H,(H,5,6)(H,7,8)/b;2-1-. The molecule has 0 spiro atoms. The van der Waals surface area contributed by atoms with Gasteiger partial charge in [-0.1, -0.05) is 24.3 Å². The van der Waals surface area contributed by atoms with Crippen molar-refractivity contribution in [3.05, 3.63) is 53.1 Å². The van der Waals surface area contributed by atoms with E-state index < -0.39 is 11.9 Å². The summed E-state index contributed by atoms with van der Waals surface area (Å²) in [5.41, 5.74) is 5.34. The number of nitrogens with one attached hydrogen (secondary N) is 1. The number of carboxylic acid groups (broad SMARTS) is 2. The third-order valence-electron chi connectivity index (χ3n) is 2.91. The van der Waals surface area contributed by atoms with Gasteiger partial charge < -0.3 is 10.2 Å². The van der Waals surface area contributed by atoms with Crippen LogP contribution in [0.25, 0.3) is 5.57 Å². The van der Waals surface area contributed by atoms with Crippen molar-refractivity contribution in [1.82, 2.24) is 0 Å². The Kier molecular flexibility index (Phi) is 4.97. The highest BCUT2D eigenvalue weighted by Gasteiger charge is 2.19. The smallest absolute Gasteiger partial charge is 0.328 e. The Bertz CT molecular complexity index is 611. The second kappa shape index (κ2) is 6.47. The molecule has 0 bridgehead atoms. The summed E-state index contributed by atoms with van der Waals surface area (Å²) < 4.78 is 0. The van der Waals surface area contributed by atoms with Crippen molar-refractivity contribution in [2.24, 2.45) is 0 Å². The molecule has 1 aromatic rings. The van der Waals surface area contributed by atoms with Crippen molar-refractivity contribution in [3.8, 4) is 0 Å². The van der Waals surface area contributed by atoms with E-state index in [-0.39, 0.29) is 0 Å². The Morgan fingerprint density at radius 2 is 1.40 bits per heavy atom. The number of benzene rings is 1. The number of hydrogen-bond donors (Lipinski definition) is 3. The fourth-order valence-corrected chi connectivity index (χ4v) is 1.76. The molecule has 0 aromatic heterocycles. The molecule has 1 aromatic carbocycles. The van der Waals surface area contributed by atoms with Crippen molar-refractivity contribution in [2.75, 3.05) is 0 Å². The SMILES string of the molecule is CC1=C(C)c2ccccc2C1=N.O=C(O)/C=C\C(=O)O. The first kappa shape index (κ1) is 15.4. The molecule has 20 heavy (non-hydrogen) atoms. The van der Waals surface area contributed by atoms with Crippen LogP contribution in [0.2, 0.25) is 0 Å². The van der Waals surface area contributed by atoms with Crippen molar-refractivity contribution in [1.29, 1.82) is 5.41 Å². The van der Waals surface area contributed by atoms with Gasteiger partial charge in [-0.2, -0.15) is 0 Å². The summed E-state index contributed by atoms with van der Waals surface area (Å²) in [7, 11) is 0.